The highest BCUT2D eigenvalue weighted by Crippen LogP contribution is 2.21. The van der Waals surface area contributed by atoms with Gasteiger partial charge in [0.25, 0.3) is 0 Å². The maximum absolute atomic E-state index is 11.8. The number of hydrogen-bond acceptors (Lipinski definition) is 4. The lowest BCUT2D eigenvalue weighted by Gasteiger charge is -2.22. The Morgan fingerprint density at radius 1 is 1.07 bits per heavy atom. The first-order valence-electron chi connectivity index (χ1n) is 8.50. The lowest BCUT2D eigenvalue weighted by atomic mass is 10.00. The molecule has 2 aromatic rings. The van der Waals surface area contributed by atoms with Crippen molar-refractivity contribution in [1.29, 1.82) is 5.26 Å². The van der Waals surface area contributed by atoms with Crippen LogP contribution in [0.25, 0.3) is 11.1 Å². The van der Waals surface area contributed by atoms with E-state index >= 15 is 0 Å². The maximum Gasteiger partial charge on any atom is 0.408 e. The molecule has 6 heteroatoms. The van der Waals surface area contributed by atoms with Gasteiger partial charge in [0.1, 0.15) is 11.6 Å². The molecule has 6 nitrogen and oxygen atoms in total. The molecule has 0 aromatic heterocycles. The van der Waals surface area contributed by atoms with Gasteiger partial charge >= 0.3 is 12.1 Å². The van der Waals surface area contributed by atoms with E-state index in [9.17, 15) is 14.7 Å². The molecule has 2 rings (SSSR count). The van der Waals surface area contributed by atoms with Gasteiger partial charge < -0.3 is 15.2 Å². The van der Waals surface area contributed by atoms with Crippen LogP contribution in [0.5, 0.6) is 0 Å². The van der Waals surface area contributed by atoms with E-state index in [1.165, 1.54) is 0 Å². The third-order valence-electron chi connectivity index (χ3n) is 3.73. The Labute approximate surface area is 158 Å². The van der Waals surface area contributed by atoms with Crippen molar-refractivity contribution in [3.8, 4) is 17.2 Å². The van der Waals surface area contributed by atoms with Crippen LogP contribution in [0.2, 0.25) is 0 Å². The van der Waals surface area contributed by atoms with Crippen LogP contribution in [0.3, 0.4) is 0 Å². The van der Waals surface area contributed by atoms with Gasteiger partial charge in [-0.25, -0.2) is 9.59 Å². The first-order chi connectivity index (χ1) is 12.7. The number of carboxylic acids is 1. The molecule has 0 saturated carbocycles. The molecule has 1 amide bonds. The van der Waals surface area contributed by atoms with E-state index in [1.807, 2.05) is 36.4 Å². The number of benzene rings is 2. The number of carboxylic acid groups (broad SMARTS) is 1. The van der Waals surface area contributed by atoms with E-state index in [2.05, 4.69) is 11.4 Å². The summed E-state index contributed by atoms with van der Waals surface area (Å²) < 4.78 is 5.12. The number of rotatable bonds is 5. The molecule has 2 N–H and O–H groups in total. The maximum atomic E-state index is 11.8. The molecule has 0 aliphatic carbocycles. The van der Waals surface area contributed by atoms with Crippen molar-refractivity contribution in [2.45, 2.75) is 38.8 Å². The number of nitrogens with one attached hydrogen (secondary N) is 1. The minimum atomic E-state index is -1.13. The summed E-state index contributed by atoms with van der Waals surface area (Å²) in [6.45, 7) is 5.14. The molecule has 0 aliphatic rings. The Morgan fingerprint density at radius 2 is 1.59 bits per heavy atom. The molecular formula is C21H22N2O4. The van der Waals surface area contributed by atoms with Gasteiger partial charge in [0.05, 0.1) is 11.6 Å². The Balaban J connectivity index is 2.07. The van der Waals surface area contributed by atoms with E-state index in [1.54, 1.807) is 32.9 Å². The summed E-state index contributed by atoms with van der Waals surface area (Å²) in [5.41, 5.74) is 2.58. The second kappa shape index (κ2) is 8.37. The smallest absolute Gasteiger partial charge is 0.408 e. The van der Waals surface area contributed by atoms with E-state index < -0.39 is 23.7 Å². The largest absolute Gasteiger partial charge is 0.480 e. The van der Waals surface area contributed by atoms with Crippen LogP contribution >= 0.6 is 0 Å². The fraction of sp³-hybridized carbons (Fsp3) is 0.286. The normalized spacial score (nSPS) is 11.9. The average Bonchev–Trinajstić information content (AvgIpc) is 2.60. The molecule has 0 heterocycles. The SMILES string of the molecule is CC(C)(C)OC(=O)N[C@@H](Cc1ccc(-c2ccc(C#N)cc2)cc1)C(=O)O. The monoisotopic (exact) mass is 366 g/mol. The second-order valence-electron chi connectivity index (χ2n) is 7.13. The minimum Gasteiger partial charge on any atom is -0.480 e. The van der Waals surface area contributed by atoms with Crippen molar-refractivity contribution in [2.24, 2.45) is 0 Å². The van der Waals surface area contributed by atoms with Gasteiger partial charge in [-0.1, -0.05) is 36.4 Å². The Bertz CT molecular complexity index is 844. The summed E-state index contributed by atoms with van der Waals surface area (Å²) in [5.74, 6) is -1.13. The van der Waals surface area contributed by atoms with E-state index in [0.29, 0.717) is 5.56 Å². The zero-order valence-corrected chi connectivity index (χ0v) is 15.5. The summed E-state index contributed by atoms with van der Waals surface area (Å²) in [7, 11) is 0. The Morgan fingerprint density at radius 3 is 2.04 bits per heavy atom. The van der Waals surface area contributed by atoms with Crippen molar-refractivity contribution in [2.75, 3.05) is 0 Å². The second-order valence-corrected chi connectivity index (χ2v) is 7.13. The summed E-state index contributed by atoms with van der Waals surface area (Å²) in [6.07, 6.45) is -0.619. The number of alkyl carbamates (subject to hydrolysis) is 1. The van der Waals surface area contributed by atoms with Crippen LogP contribution < -0.4 is 5.32 Å². The fourth-order valence-electron chi connectivity index (χ4n) is 2.46. The van der Waals surface area contributed by atoms with Crippen molar-refractivity contribution >= 4 is 12.1 Å². The lowest BCUT2D eigenvalue weighted by Crippen LogP contribution is -2.44. The summed E-state index contributed by atoms with van der Waals surface area (Å²) in [6, 6.07) is 15.6. The average molecular weight is 366 g/mol. The highest BCUT2D eigenvalue weighted by atomic mass is 16.6. The van der Waals surface area contributed by atoms with Crippen LogP contribution in [0.1, 0.15) is 31.9 Å². The number of amides is 1. The summed E-state index contributed by atoms with van der Waals surface area (Å²) in [4.78, 5) is 23.3. The van der Waals surface area contributed by atoms with Gasteiger partial charge in [-0.15, -0.1) is 0 Å². The van der Waals surface area contributed by atoms with Crippen molar-refractivity contribution in [1.82, 2.24) is 5.32 Å². The van der Waals surface area contributed by atoms with Crippen molar-refractivity contribution in [3.63, 3.8) is 0 Å². The van der Waals surface area contributed by atoms with E-state index in [-0.39, 0.29) is 6.42 Å². The predicted octanol–water partition coefficient (Wildman–Crippen LogP) is 3.75. The molecule has 0 spiro atoms. The molecule has 1 atom stereocenters. The third kappa shape index (κ3) is 6.15. The molecule has 0 unspecified atom stereocenters. The van der Waals surface area contributed by atoms with Crippen molar-refractivity contribution < 1.29 is 19.4 Å². The third-order valence-corrected chi connectivity index (χ3v) is 3.73. The van der Waals surface area contributed by atoms with Crippen LogP contribution in [-0.2, 0) is 16.0 Å². The van der Waals surface area contributed by atoms with Gasteiger partial charge in [0.2, 0.25) is 0 Å². The number of nitrogens with zero attached hydrogens (tertiary/aromatic N) is 1. The number of carbonyl (C=O) groups excluding carboxylic acids is 1. The lowest BCUT2D eigenvalue weighted by molar-refractivity contribution is -0.139. The molecule has 140 valence electrons. The van der Waals surface area contributed by atoms with Gasteiger partial charge in [-0.2, -0.15) is 5.26 Å². The molecule has 2 aromatic carbocycles. The quantitative estimate of drug-likeness (QED) is 0.839. The zero-order valence-electron chi connectivity index (χ0n) is 15.5. The summed E-state index contributed by atoms with van der Waals surface area (Å²) in [5, 5.41) is 20.6. The first kappa shape index (κ1) is 20.0. The van der Waals surface area contributed by atoms with Crippen LogP contribution in [-0.4, -0.2) is 28.8 Å². The number of carbonyl (C=O) groups is 2. The fourth-order valence-corrected chi connectivity index (χ4v) is 2.46. The van der Waals surface area contributed by atoms with Crippen LogP contribution in [0, 0.1) is 11.3 Å². The molecule has 0 radical (unpaired) electrons. The van der Waals surface area contributed by atoms with Crippen molar-refractivity contribution in [3.05, 3.63) is 59.7 Å². The van der Waals surface area contributed by atoms with Gasteiger partial charge in [0, 0.05) is 6.42 Å². The number of nitriles is 1. The highest BCUT2D eigenvalue weighted by Gasteiger charge is 2.24. The molecular weight excluding hydrogens is 344 g/mol. The molecule has 0 aliphatic heterocycles. The highest BCUT2D eigenvalue weighted by molar-refractivity contribution is 5.80. The molecule has 27 heavy (non-hydrogen) atoms. The topological polar surface area (TPSA) is 99.4 Å². The predicted molar refractivity (Wildman–Crippen MR) is 101 cm³/mol. The number of aliphatic carboxylic acids is 1. The molecule has 0 fully saturated rings. The first-order valence-corrected chi connectivity index (χ1v) is 8.50. The van der Waals surface area contributed by atoms with E-state index in [0.717, 1.165) is 16.7 Å². The van der Waals surface area contributed by atoms with Gasteiger partial charge in [-0.05, 0) is 49.6 Å². The Hall–Kier alpha value is -3.33. The Kier molecular flexibility index (Phi) is 6.19. The number of ether oxygens (including phenoxy) is 1. The van der Waals surface area contributed by atoms with Gasteiger partial charge in [-0.3, -0.25) is 0 Å². The zero-order chi connectivity index (χ0) is 20.0. The van der Waals surface area contributed by atoms with Gasteiger partial charge in [0.15, 0.2) is 0 Å². The standard InChI is InChI=1S/C21H22N2O4/c1-21(2,3)27-20(26)23-18(19(24)25)12-14-4-8-16(9-5-14)17-10-6-15(13-22)7-11-17/h4-11,18H,12H2,1-3H3,(H,23,26)(H,24,25)/t18-/m0/s1. The minimum absolute atomic E-state index is 0.141. The van der Waals surface area contributed by atoms with E-state index in [4.69, 9.17) is 10.00 Å². The summed E-state index contributed by atoms with van der Waals surface area (Å²) >= 11 is 0. The molecule has 0 saturated heterocycles. The molecule has 0 bridgehead atoms. The number of hydrogen-bond donors (Lipinski definition) is 2. The van der Waals surface area contributed by atoms with Crippen LogP contribution in [0.15, 0.2) is 48.5 Å². The van der Waals surface area contributed by atoms with Crippen LogP contribution in [0.4, 0.5) is 4.79 Å².